The number of hydrogen-bond donors (Lipinski definition) is 3. The molecule has 0 saturated heterocycles. The molecule has 0 radical (unpaired) electrons. The molecule has 0 aliphatic heterocycles. The van der Waals surface area contributed by atoms with E-state index in [4.69, 9.17) is 10.4 Å². The topological polar surface area (TPSA) is 76.9 Å². The smallest absolute Gasteiger partial charge is 0.227 e. The summed E-state index contributed by atoms with van der Waals surface area (Å²) in [6.07, 6.45) is 4.78. The van der Waals surface area contributed by atoms with Crippen LogP contribution in [0.1, 0.15) is 10.4 Å². The number of rotatable bonds is 7. The number of benzene rings is 1. The van der Waals surface area contributed by atoms with Gasteiger partial charge in [0.15, 0.2) is 0 Å². The summed E-state index contributed by atoms with van der Waals surface area (Å²) in [5.41, 5.74) is 5.17. The van der Waals surface area contributed by atoms with E-state index in [1.807, 2.05) is 6.20 Å². The first kappa shape index (κ1) is 19.0. The van der Waals surface area contributed by atoms with Crippen LogP contribution in [0.15, 0.2) is 42.4 Å². The molecular weight excluding hydrogens is 356 g/mol. The molecule has 140 valence electrons. The van der Waals surface area contributed by atoms with Crippen LogP contribution in [-0.2, 0) is 6.54 Å². The molecule has 3 rings (SSSR count). The quantitative estimate of drug-likeness (QED) is 0.543. The lowest BCUT2D eigenvalue weighted by Gasteiger charge is -2.14. The van der Waals surface area contributed by atoms with Crippen LogP contribution in [0.3, 0.4) is 0 Å². The Morgan fingerprint density at radius 3 is 2.78 bits per heavy atom. The first-order valence-corrected chi connectivity index (χ1v) is 9.49. The molecule has 7 heteroatoms. The molecule has 0 aliphatic rings. The van der Waals surface area contributed by atoms with Crippen LogP contribution in [0.5, 0.6) is 0 Å². The highest BCUT2D eigenvalue weighted by atomic mass is 32.1. The summed E-state index contributed by atoms with van der Waals surface area (Å²) in [7, 11) is 5.94. The summed E-state index contributed by atoms with van der Waals surface area (Å²) < 4.78 is 1.06. The largest absolute Gasteiger partial charge is 0.392 e. The fourth-order valence-corrected chi connectivity index (χ4v) is 4.01. The second-order valence-corrected chi connectivity index (χ2v) is 7.75. The van der Waals surface area contributed by atoms with Crippen LogP contribution in [0.2, 0.25) is 0 Å². The second kappa shape index (κ2) is 8.28. The molecule has 0 saturated carbocycles. The van der Waals surface area contributed by atoms with Gasteiger partial charge in [0.05, 0.1) is 22.1 Å². The number of anilines is 1. The maximum Gasteiger partial charge on any atom is 0.227 e. The number of thiophene rings is 1. The number of nitrogens with zero attached hydrogens (tertiary/aromatic N) is 3. The fourth-order valence-electron chi connectivity index (χ4n) is 3.03. The van der Waals surface area contributed by atoms with Gasteiger partial charge in [-0.1, -0.05) is 24.3 Å². The molecule has 2 aromatic heterocycles. The van der Waals surface area contributed by atoms with Crippen LogP contribution in [0.4, 0.5) is 5.95 Å². The van der Waals surface area contributed by atoms with E-state index in [0.717, 1.165) is 22.3 Å². The molecular formula is C20H24N6S. The molecule has 3 N–H and O–H groups in total. The van der Waals surface area contributed by atoms with Crippen molar-refractivity contribution in [2.75, 3.05) is 26.5 Å². The summed E-state index contributed by atoms with van der Waals surface area (Å²) in [4.78, 5) is 12.6. The van der Waals surface area contributed by atoms with Crippen LogP contribution in [-0.4, -0.2) is 42.2 Å². The zero-order valence-electron chi connectivity index (χ0n) is 16.0. The van der Waals surface area contributed by atoms with Crippen LogP contribution in [0.25, 0.3) is 21.3 Å². The standard InChI is InChI=1S/C20H24N6S/c1-13-18(16-8-6-5-7-14(16)12-26(3)4)19-17(27-13)11-23-20(25-19)24-15(9-21)10-22-2/h5-11,21-22H,12H2,1-4H3,(H,23,24,25)/b15-10+,21-9?. The summed E-state index contributed by atoms with van der Waals surface area (Å²) in [5, 5.41) is 13.5. The third kappa shape index (κ3) is 4.15. The van der Waals surface area contributed by atoms with Gasteiger partial charge < -0.3 is 20.9 Å². The number of aromatic nitrogens is 2. The van der Waals surface area contributed by atoms with E-state index < -0.39 is 0 Å². The normalized spacial score (nSPS) is 11.8. The summed E-state index contributed by atoms with van der Waals surface area (Å²) >= 11 is 1.71. The lowest BCUT2D eigenvalue weighted by molar-refractivity contribution is 0.403. The minimum absolute atomic E-state index is 0.483. The van der Waals surface area contributed by atoms with Crippen molar-refractivity contribution in [2.45, 2.75) is 13.5 Å². The van der Waals surface area contributed by atoms with E-state index >= 15 is 0 Å². The first-order chi connectivity index (χ1) is 13.0. The minimum atomic E-state index is 0.483. The van der Waals surface area contributed by atoms with Gasteiger partial charge in [-0.05, 0) is 32.1 Å². The van der Waals surface area contributed by atoms with Gasteiger partial charge in [-0.25, -0.2) is 9.97 Å². The van der Waals surface area contributed by atoms with E-state index in [1.54, 1.807) is 24.6 Å². The van der Waals surface area contributed by atoms with Crippen molar-refractivity contribution in [3.63, 3.8) is 0 Å². The zero-order valence-corrected chi connectivity index (χ0v) is 16.8. The van der Waals surface area contributed by atoms with Gasteiger partial charge in [-0.15, -0.1) is 11.3 Å². The van der Waals surface area contributed by atoms with E-state index in [2.05, 4.69) is 65.8 Å². The van der Waals surface area contributed by atoms with E-state index in [-0.39, 0.29) is 0 Å². The molecule has 0 atom stereocenters. The number of aryl methyl sites for hydroxylation is 1. The average Bonchev–Trinajstić information content (AvgIpc) is 2.96. The average molecular weight is 381 g/mol. The highest BCUT2D eigenvalue weighted by Crippen LogP contribution is 2.39. The van der Waals surface area contributed by atoms with Crippen molar-refractivity contribution in [3.8, 4) is 11.1 Å². The third-order valence-corrected chi connectivity index (χ3v) is 5.12. The maximum absolute atomic E-state index is 7.50. The lowest BCUT2D eigenvalue weighted by atomic mass is 9.99. The predicted octanol–water partition coefficient (Wildman–Crippen LogP) is 3.85. The molecule has 3 aromatic rings. The summed E-state index contributed by atoms with van der Waals surface area (Å²) in [5.74, 6) is 0.483. The Kier molecular flexibility index (Phi) is 5.83. The van der Waals surface area contributed by atoms with Crippen molar-refractivity contribution in [2.24, 2.45) is 0 Å². The Labute approximate surface area is 163 Å². The molecule has 0 amide bonds. The van der Waals surface area contributed by atoms with Gasteiger partial charge in [0.2, 0.25) is 5.95 Å². The lowest BCUT2D eigenvalue weighted by Crippen LogP contribution is -2.11. The van der Waals surface area contributed by atoms with E-state index in [1.165, 1.54) is 22.2 Å². The van der Waals surface area contributed by atoms with Gasteiger partial charge >= 0.3 is 0 Å². The van der Waals surface area contributed by atoms with Crippen molar-refractivity contribution < 1.29 is 0 Å². The molecule has 1 aromatic carbocycles. The SMILES string of the molecule is CN/C=C(\C=N)Nc1ncc2sc(C)c(-c3ccccc3CN(C)C)c2n1. The Balaban J connectivity index is 2.11. The third-order valence-electron chi connectivity index (χ3n) is 4.09. The minimum Gasteiger partial charge on any atom is -0.392 e. The van der Waals surface area contributed by atoms with Crippen molar-refractivity contribution in [1.29, 1.82) is 5.41 Å². The van der Waals surface area contributed by atoms with Gasteiger partial charge in [-0.3, -0.25) is 0 Å². The number of fused-ring (bicyclic) bond motifs is 1. The Hall–Kier alpha value is -2.77. The predicted molar refractivity (Wildman–Crippen MR) is 115 cm³/mol. The Morgan fingerprint density at radius 1 is 1.30 bits per heavy atom. The van der Waals surface area contributed by atoms with Gasteiger partial charge in [0.1, 0.15) is 0 Å². The van der Waals surface area contributed by atoms with Crippen LogP contribution < -0.4 is 10.6 Å². The molecule has 2 heterocycles. The van der Waals surface area contributed by atoms with Gasteiger partial charge in [0.25, 0.3) is 0 Å². The molecule has 0 unspecified atom stereocenters. The van der Waals surface area contributed by atoms with Crippen molar-refractivity contribution in [3.05, 3.63) is 52.8 Å². The number of allylic oxidation sites excluding steroid dienone is 1. The van der Waals surface area contributed by atoms with Gasteiger partial charge in [-0.2, -0.15) is 0 Å². The highest BCUT2D eigenvalue weighted by Gasteiger charge is 2.17. The molecule has 0 spiro atoms. The van der Waals surface area contributed by atoms with E-state index in [0.29, 0.717) is 11.6 Å². The highest BCUT2D eigenvalue weighted by molar-refractivity contribution is 7.19. The Morgan fingerprint density at radius 2 is 2.07 bits per heavy atom. The summed E-state index contributed by atoms with van der Waals surface area (Å²) in [6.45, 7) is 3.00. The fraction of sp³-hybridized carbons (Fsp3) is 0.250. The van der Waals surface area contributed by atoms with Crippen LogP contribution in [0, 0.1) is 12.3 Å². The number of hydrogen-bond acceptors (Lipinski definition) is 7. The molecule has 0 bridgehead atoms. The monoisotopic (exact) mass is 380 g/mol. The van der Waals surface area contributed by atoms with Crippen molar-refractivity contribution in [1.82, 2.24) is 20.2 Å². The Bertz CT molecular complexity index is 989. The molecule has 27 heavy (non-hydrogen) atoms. The van der Waals surface area contributed by atoms with Crippen molar-refractivity contribution >= 4 is 33.7 Å². The zero-order chi connectivity index (χ0) is 19.4. The maximum atomic E-state index is 7.50. The molecule has 6 nitrogen and oxygen atoms in total. The second-order valence-electron chi connectivity index (χ2n) is 6.49. The summed E-state index contributed by atoms with van der Waals surface area (Å²) in [6, 6.07) is 8.47. The first-order valence-electron chi connectivity index (χ1n) is 8.67. The van der Waals surface area contributed by atoms with Crippen LogP contribution >= 0.6 is 11.3 Å². The number of nitrogens with one attached hydrogen (secondary N) is 3. The van der Waals surface area contributed by atoms with Gasteiger partial charge in [0, 0.05) is 36.4 Å². The molecule has 0 fully saturated rings. The van der Waals surface area contributed by atoms with E-state index in [9.17, 15) is 0 Å². The molecule has 0 aliphatic carbocycles.